The topological polar surface area (TPSA) is 125 Å². The summed E-state index contributed by atoms with van der Waals surface area (Å²) < 4.78 is 31.9. The van der Waals surface area contributed by atoms with Gasteiger partial charge in [0.05, 0.1) is 26.9 Å². The van der Waals surface area contributed by atoms with Crippen LogP contribution in [-0.2, 0) is 23.9 Å². The molecule has 0 radical (unpaired) electrons. The third-order valence-corrected chi connectivity index (χ3v) is 7.31. The Morgan fingerprint density at radius 3 is 1.87 bits per heavy atom. The zero-order valence-electron chi connectivity index (χ0n) is 18.2. The van der Waals surface area contributed by atoms with E-state index in [-0.39, 0.29) is 11.0 Å². The lowest BCUT2D eigenvalue weighted by Crippen LogP contribution is -2.65. The van der Waals surface area contributed by atoms with Crippen LogP contribution in [0.3, 0.4) is 0 Å². The highest BCUT2D eigenvalue weighted by atomic mass is 35.5. The van der Waals surface area contributed by atoms with E-state index in [4.69, 9.17) is 27.7 Å². The predicted molar refractivity (Wildman–Crippen MR) is 110 cm³/mol. The Morgan fingerprint density at radius 2 is 1.52 bits per heavy atom. The second-order valence-corrected chi connectivity index (χ2v) is 11.4. The first-order chi connectivity index (χ1) is 13.8. The number of carbonyl (C=O) groups excluding carboxylic acids is 4. The lowest BCUT2D eigenvalue weighted by Gasteiger charge is -2.41. The minimum absolute atomic E-state index is 0.201. The van der Waals surface area contributed by atoms with Gasteiger partial charge in [-0.05, 0) is 20.8 Å². The quantitative estimate of drug-likeness (QED) is 0.162. The maximum atomic E-state index is 12.8. The summed E-state index contributed by atoms with van der Waals surface area (Å²) in [6.07, 6.45) is -1.41. The minimum Gasteiger partial charge on any atom is -0.308 e. The van der Waals surface area contributed by atoms with Crippen LogP contribution in [-0.4, -0.2) is 113 Å². The van der Waals surface area contributed by atoms with Gasteiger partial charge in [-0.2, -0.15) is 12.8 Å². The maximum absolute atomic E-state index is 12.8. The molecule has 2 fully saturated rings. The number of imide groups is 2. The van der Waals surface area contributed by atoms with E-state index in [1.54, 1.807) is 21.1 Å². The molecule has 2 unspecified atom stereocenters. The molecule has 2 aliphatic rings. The van der Waals surface area contributed by atoms with E-state index < -0.39 is 57.1 Å². The lowest BCUT2D eigenvalue weighted by atomic mass is 9.98. The van der Waals surface area contributed by atoms with Crippen molar-refractivity contribution in [1.82, 2.24) is 18.6 Å². The van der Waals surface area contributed by atoms with Gasteiger partial charge in [0.15, 0.2) is 0 Å². The summed E-state index contributed by atoms with van der Waals surface area (Å²) in [6, 6.07) is -1.68. The fourth-order valence-electron chi connectivity index (χ4n) is 3.57. The van der Waals surface area contributed by atoms with Crippen molar-refractivity contribution < 1.29 is 36.3 Å². The normalized spacial score (nSPS) is 25.8. The van der Waals surface area contributed by atoms with Crippen LogP contribution in [0.1, 0.15) is 20.8 Å². The predicted octanol–water partition coefficient (Wildman–Crippen LogP) is 0.368. The lowest BCUT2D eigenvalue weighted by molar-refractivity contribution is -0.919. The van der Waals surface area contributed by atoms with E-state index in [0.717, 1.165) is 9.80 Å². The van der Waals surface area contributed by atoms with Gasteiger partial charge in [-0.1, -0.05) is 0 Å². The van der Waals surface area contributed by atoms with Gasteiger partial charge in [0.2, 0.25) is 11.8 Å². The van der Waals surface area contributed by atoms with E-state index in [1.165, 1.54) is 27.8 Å². The molecule has 0 aromatic rings. The summed E-state index contributed by atoms with van der Waals surface area (Å²) in [6.45, 7) is 3.79. The number of nitrogens with zero attached hydrogens (tertiary/aromatic N) is 5. The van der Waals surface area contributed by atoms with Crippen LogP contribution in [0.4, 0.5) is 9.59 Å². The first-order valence-corrected chi connectivity index (χ1v) is 11.4. The average molecular weight is 503 g/mol. The number of amides is 6. The molecule has 6 amide bonds. The second kappa shape index (κ2) is 7.73. The van der Waals surface area contributed by atoms with Crippen molar-refractivity contribution >= 4 is 57.5 Å². The van der Waals surface area contributed by atoms with Crippen LogP contribution in [0, 0.1) is 0 Å². The molecule has 0 aliphatic carbocycles. The van der Waals surface area contributed by atoms with Gasteiger partial charge in [0, 0.05) is 37.1 Å². The summed E-state index contributed by atoms with van der Waals surface area (Å²) in [7, 11) is 1.58. The monoisotopic (exact) mass is 502 g/mol. The van der Waals surface area contributed by atoms with Crippen LogP contribution in [0.25, 0.3) is 0 Å². The Morgan fingerprint density at radius 1 is 1.00 bits per heavy atom. The van der Waals surface area contributed by atoms with E-state index >= 15 is 0 Å². The van der Waals surface area contributed by atoms with Gasteiger partial charge in [-0.3, -0.25) is 14.5 Å². The fraction of sp³-hybridized carbons (Fsp3) is 0.750. The van der Waals surface area contributed by atoms with E-state index in [9.17, 15) is 27.6 Å². The molecule has 2 saturated heterocycles. The maximum Gasteiger partial charge on any atom is 0.342 e. The summed E-state index contributed by atoms with van der Waals surface area (Å²) in [5, 5.41) is 0. The van der Waals surface area contributed by atoms with Gasteiger partial charge in [-0.15, -0.1) is 0 Å². The molecule has 12 nitrogen and oxygen atoms in total. The van der Waals surface area contributed by atoms with Crippen LogP contribution >= 0.6 is 23.6 Å². The van der Waals surface area contributed by atoms with Gasteiger partial charge in [0.25, 0.3) is 21.9 Å². The number of halogens is 2. The highest BCUT2D eigenvalue weighted by Gasteiger charge is 2.64. The molecule has 0 saturated carbocycles. The SMILES string of the molecule is CN1C(=O)N(Cl)C(C)(C(OS(=O)(=O)CCN2C(=O)N(Cl)C(=O)C2(C)C)[N+](C)(C)C)C1=O. The molecule has 0 N–H and O–H groups in total. The third-order valence-electron chi connectivity index (χ3n) is 5.36. The average Bonchev–Trinajstić information content (AvgIpc) is 2.88. The Labute approximate surface area is 191 Å². The molecule has 0 bridgehead atoms. The summed E-state index contributed by atoms with van der Waals surface area (Å²) in [5.74, 6) is -2.11. The summed E-state index contributed by atoms with van der Waals surface area (Å²) in [4.78, 5) is 51.0. The molecule has 15 heteroatoms. The molecule has 2 rings (SSSR count). The molecular formula is C16H26Cl2N5O7S+. The highest BCUT2D eigenvalue weighted by molar-refractivity contribution is 7.86. The van der Waals surface area contributed by atoms with Crippen molar-refractivity contribution in [2.24, 2.45) is 0 Å². The Hall–Kier alpha value is -1.67. The molecule has 2 aliphatic heterocycles. The minimum atomic E-state index is -4.37. The molecular weight excluding hydrogens is 477 g/mol. The van der Waals surface area contributed by atoms with Crippen molar-refractivity contribution in [3.05, 3.63) is 0 Å². The number of hydrogen-bond acceptors (Lipinski definition) is 7. The van der Waals surface area contributed by atoms with E-state index in [1.807, 2.05) is 0 Å². The van der Waals surface area contributed by atoms with Crippen molar-refractivity contribution in [2.75, 3.05) is 40.5 Å². The largest absolute Gasteiger partial charge is 0.342 e. The first-order valence-electron chi connectivity index (χ1n) is 9.12. The second-order valence-electron chi connectivity index (χ2n) is 8.98. The third kappa shape index (κ3) is 4.09. The molecule has 2 heterocycles. The molecule has 0 aromatic heterocycles. The highest BCUT2D eigenvalue weighted by Crippen LogP contribution is 2.37. The molecule has 2 atom stereocenters. The number of rotatable bonds is 7. The molecule has 0 aromatic carbocycles. The smallest absolute Gasteiger partial charge is 0.308 e. The van der Waals surface area contributed by atoms with Crippen molar-refractivity contribution in [3.63, 3.8) is 0 Å². The number of likely N-dealkylation sites (N-methyl/N-ethyl adjacent to an activating group) is 2. The van der Waals surface area contributed by atoms with Gasteiger partial charge in [-0.25, -0.2) is 18.2 Å². The summed E-state index contributed by atoms with van der Waals surface area (Å²) >= 11 is 11.7. The van der Waals surface area contributed by atoms with Crippen molar-refractivity contribution in [3.8, 4) is 0 Å². The van der Waals surface area contributed by atoms with Crippen LogP contribution in [0.2, 0.25) is 0 Å². The number of quaternary nitrogens is 1. The van der Waals surface area contributed by atoms with E-state index in [0.29, 0.717) is 8.84 Å². The van der Waals surface area contributed by atoms with Crippen molar-refractivity contribution in [1.29, 1.82) is 0 Å². The number of carbonyl (C=O) groups is 4. The standard InChI is InChI=1S/C16H26Cl2N5O7S/c1-15(2)10(24)21(17)14(27)20(15)8-9-31(28,29)30-12(23(5,6)7)16(3)11(25)19(4)13(26)22(16)18/h12H,8-9H2,1-7H3/q+1. The Bertz CT molecular complexity index is 935. The Balaban J connectivity index is 2.30. The van der Waals surface area contributed by atoms with Gasteiger partial charge in [0.1, 0.15) is 5.54 Å². The first kappa shape index (κ1) is 25.6. The van der Waals surface area contributed by atoms with Crippen molar-refractivity contribution in [2.45, 2.75) is 38.1 Å². The molecule has 31 heavy (non-hydrogen) atoms. The van der Waals surface area contributed by atoms with E-state index in [2.05, 4.69) is 0 Å². The molecule has 0 spiro atoms. The number of hydrogen-bond donors (Lipinski definition) is 0. The van der Waals surface area contributed by atoms with Crippen LogP contribution < -0.4 is 0 Å². The zero-order chi connectivity index (χ0) is 24.3. The van der Waals surface area contributed by atoms with Crippen LogP contribution in [0.5, 0.6) is 0 Å². The Kier molecular flexibility index (Phi) is 6.38. The summed E-state index contributed by atoms with van der Waals surface area (Å²) in [5.41, 5.74) is -3.17. The van der Waals surface area contributed by atoms with Crippen LogP contribution in [0.15, 0.2) is 0 Å². The van der Waals surface area contributed by atoms with Gasteiger partial charge >= 0.3 is 12.1 Å². The van der Waals surface area contributed by atoms with Gasteiger partial charge < -0.3 is 9.38 Å². The zero-order valence-corrected chi connectivity index (χ0v) is 20.6. The fourth-order valence-corrected chi connectivity index (χ4v) is 5.37. The molecule has 176 valence electrons. The number of urea groups is 2.